The van der Waals surface area contributed by atoms with Gasteiger partial charge >= 0.3 is 6.18 Å². The van der Waals surface area contributed by atoms with Gasteiger partial charge in [-0.15, -0.1) is 0 Å². The molecule has 0 saturated carbocycles. The highest BCUT2D eigenvalue weighted by Gasteiger charge is 2.30. The minimum absolute atomic E-state index is 0.100. The molecule has 2 heterocycles. The second-order valence-electron chi connectivity index (χ2n) is 8.09. The topological polar surface area (TPSA) is 88.3 Å². The van der Waals surface area contributed by atoms with E-state index in [-0.39, 0.29) is 23.2 Å². The fourth-order valence-electron chi connectivity index (χ4n) is 3.75. The lowest BCUT2D eigenvalue weighted by Crippen LogP contribution is -2.38. The molecule has 1 saturated heterocycles. The monoisotopic (exact) mass is 498 g/mol. The zero-order valence-corrected chi connectivity index (χ0v) is 18.7. The van der Waals surface area contributed by atoms with Crippen molar-refractivity contribution >= 4 is 10.0 Å². The molecule has 0 amide bonds. The van der Waals surface area contributed by atoms with Gasteiger partial charge in [-0.05, 0) is 56.1 Å². The number of sulfonamides is 1. The van der Waals surface area contributed by atoms with Crippen LogP contribution in [0.15, 0.2) is 57.9 Å². The van der Waals surface area contributed by atoms with Gasteiger partial charge in [0.15, 0.2) is 0 Å². The molecule has 0 aliphatic carbocycles. The molecule has 0 atom stereocenters. The van der Waals surface area contributed by atoms with Crippen molar-refractivity contribution in [1.82, 2.24) is 19.8 Å². The number of nitrogens with zero attached hydrogens (tertiary/aromatic N) is 3. The number of likely N-dealkylation sites (tertiary alicyclic amines) is 1. The van der Waals surface area contributed by atoms with E-state index in [1.807, 2.05) is 0 Å². The van der Waals surface area contributed by atoms with E-state index in [4.69, 9.17) is 4.52 Å². The second kappa shape index (κ2) is 9.80. The highest BCUT2D eigenvalue weighted by Crippen LogP contribution is 2.30. The van der Waals surface area contributed by atoms with Crippen LogP contribution in [0.3, 0.4) is 0 Å². The van der Waals surface area contributed by atoms with Gasteiger partial charge in [0.05, 0.1) is 12.1 Å². The van der Waals surface area contributed by atoms with Crippen molar-refractivity contribution in [2.45, 2.75) is 30.5 Å². The Kier molecular flexibility index (Phi) is 7.01. The molecule has 12 heteroatoms. The summed E-state index contributed by atoms with van der Waals surface area (Å²) in [7, 11) is -3.92. The van der Waals surface area contributed by atoms with Crippen LogP contribution in [0.2, 0.25) is 0 Å². The predicted molar refractivity (Wildman–Crippen MR) is 114 cm³/mol. The van der Waals surface area contributed by atoms with Crippen LogP contribution < -0.4 is 4.72 Å². The number of aromatic nitrogens is 2. The third-order valence-electron chi connectivity index (χ3n) is 5.69. The van der Waals surface area contributed by atoms with Gasteiger partial charge in [0.2, 0.25) is 21.7 Å². The number of alkyl halides is 3. The van der Waals surface area contributed by atoms with Crippen molar-refractivity contribution < 1.29 is 30.5 Å². The van der Waals surface area contributed by atoms with Crippen LogP contribution in [0.5, 0.6) is 0 Å². The molecule has 0 unspecified atom stereocenters. The van der Waals surface area contributed by atoms with E-state index in [0.717, 1.165) is 31.0 Å². The standard InChI is InChI=1S/C22H22F4N4O3S/c23-18-3-1-2-4-19(18)34(31,32)27-13-15-9-11-30(12-10-15)14-20-28-21(29-33-20)16-5-7-17(8-6-16)22(24,25)26/h1-8,15,27H,9-14H2. The van der Waals surface area contributed by atoms with Crippen LogP contribution in [-0.4, -0.2) is 43.1 Å². The van der Waals surface area contributed by atoms with Crippen molar-refractivity contribution in [3.63, 3.8) is 0 Å². The molecule has 182 valence electrons. The molecule has 7 nitrogen and oxygen atoms in total. The molecule has 1 N–H and O–H groups in total. The summed E-state index contributed by atoms with van der Waals surface area (Å²) < 4.78 is 84.3. The normalized spacial score (nSPS) is 16.1. The molecule has 3 aromatic rings. The van der Waals surface area contributed by atoms with Crippen LogP contribution in [0.1, 0.15) is 24.3 Å². The Morgan fingerprint density at radius 2 is 1.74 bits per heavy atom. The van der Waals surface area contributed by atoms with E-state index in [0.29, 0.717) is 31.1 Å². The number of rotatable bonds is 7. The average Bonchev–Trinajstić information content (AvgIpc) is 3.27. The van der Waals surface area contributed by atoms with Crippen molar-refractivity contribution in [1.29, 1.82) is 0 Å². The maximum Gasteiger partial charge on any atom is 0.416 e. The first-order valence-corrected chi connectivity index (χ1v) is 12.1. The van der Waals surface area contributed by atoms with Crippen molar-refractivity contribution in [3.05, 3.63) is 65.8 Å². The molecule has 1 aliphatic heterocycles. The highest BCUT2D eigenvalue weighted by atomic mass is 32.2. The summed E-state index contributed by atoms with van der Waals surface area (Å²) in [5.74, 6) is -0.141. The second-order valence-corrected chi connectivity index (χ2v) is 9.82. The smallest absolute Gasteiger partial charge is 0.338 e. The first-order chi connectivity index (χ1) is 16.1. The van der Waals surface area contributed by atoms with Gasteiger partial charge < -0.3 is 4.52 Å². The largest absolute Gasteiger partial charge is 0.416 e. The lowest BCUT2D eigenvalue weighted by Gasteiger charge is -2.30. The first-order valence-electron chi connectivity index (χ1n) is 10.6. The molecular weight excluding hydrogens is 476 g/mol. The van der Waals surface area contributed by atoms with E-state index in [2.05, 4.69) is 19.8 Å². The Morgan fingerprint density at radius 1 is 1.06 bits per heavy atom. The molecule has 0 radical (unpaired) electrons. The predicted octanol–water partition coefficient (Wildman–Crippen LogP) is 4.09. The quantitative estimate of drug-likeness (QED) is 0.494. The summed E-state index contributed by atoms with van der Waals surface area (Å²) >= 11 is 0. The van der Waals surface area contributed by atoms with Crippen molar-refractivity contribution in [3.8, 4) is 11.4 Å². The molecule has 1 aromatic heterocycles. The summed E-state index contributed by atoms with van der Waals surface area (Å²) in [6.07, 6.45) is -2.97. The lowest BCUT2D eigenvalue weighted by molar-refractivity contribution is -0.137. The Bertz CT molecular complexity index is 1220. The van der Waals surface area contributed by atoms with Gasteiger partial charge in [0, 0.05) is 12.1 Å². The summed E-state index contributed by atoms with van der Waals surface area (Å²) in [6.45, 7) is 1.93. The third kappa shape index (κ3) is 5.80. The molecule has 4 rings (SSSR count). The summed E-state index contributed by atoms with van der Waals surface area (Å²) in [5.41, 5.74) is -0.331. The van der Waals surface area contributed by atoms with Crippen LogP contribution in [0.25, 0.3) is 11.4 Å². The van der Waals surface area contributed by atoms with Crippen molar-refractivity contribution in [2.24, 2.45) is 5.92 Å². The minimum Gasteiger partial charge on any atom is -0.338 e. The Hall–Kier alpha value is -2.83. The number of benzene rings is 2. The first kappa shape index (κ1) is 24.3. The molecule has 1 aliphatic rings. The van der Waals surface area contributed by atoms with Crippen molar-refractivity contribution in [2.75, 3.05) is 19.6 Å². The number of nitrogens with one attached hydrogen (secondary N) is 1. The van der Waals surface area contributed by atoms with Crippen LogP contribution >= 0.6 is 0 Å². The third-order valence-corrected chi connectivity index (χ3v) is 7.15. The van der Waals surface area contributed by atoms with E-state index >= 15 is 0 Å². The van der Waals surface area contributed by atoms with Gasteiger partial charge in [-0.2, -0.15) is 18.2 Å². The Balaban J connectivity index is 1.27. The number of piperidine rings is 1. The van der Waals surface area contributed by atoms with Gasteiger partial charge in [0.25, 0.3) is 0 Å². The van der Waals surface area contributed by atoms with Gasteiger partial charge in [-0.1, -0.05) is 29.4 Å². The van der Waals surface area contributed by atoms with E-state index in [1.165, 1.54) is 30.3 Å². The molecule has 1 fully saturated rings. The van der Waals surface area contributed by atoms with Gasteiger partial charge in [-0.25, -0.2) is 17.5 Å². The summed E-state index contributed by atoms with van der Waals surface area (Å²) in [5, 5.41) is 3.85. The fraction of sp³-hybridized carbons (Fsp3) is 0.364. The zero-order valence-electron chi connectivity index (χ0n) is 17.9. The molecule has 2 aromatic carbocycles. The molecule has 34 heavy (non-hydrogen) atoms. The zero-order chi connectivity index (χ0) is 24.3. The van der Waals surface area contributed by atoms with Crippen LogP contribution in [0, 0.1) is 11.7 Å². The fourth-order valence-corrected chi connectivity index (χ4v) is 4.95. The number of hydrogen-bond donors (Lipinski definition) is 1. The van der Waals surface area contributed by atoms with E-state index < -0.39 is 27.6 Å². The van der Waals surface area contributed by atoms with E-state index in [9.17, 15) is 26.0 Å². The summed E-state index contributed by atoms with van der Waals surface area (Å²) in [4.78, 5) is 5.98. The number of halogens is 4. The van der Waals surface area contributed by atoms with Crippen LogP contribution in [0.4, 0.5) is 17.6 Å². The van der Waals surface area contributed by atoms with E-state index in [1.54, 1.807) is 0 Å². The minimum atomic E-state index is -4.41. The Labute approximate surface area is 193 Å². The average molecular weight is 499 g/mol. The SMILES string of the molecule is O=S(=O)(NCC1CCN(Cc2nc(-c3ccc(C(F)(F)F)cc3)no2)CC1)c1ccccc1F. The van der Waals surface area contributed by atoms with Gasteiger partial charge in [-0.3, -0.25) is 4.90 Å². The highest BCUT2D eigenvalue weighted by molar-refractivity contribution is 7.89. The molecular formula is C22H22F4N4O3S. The van der Waals surface area contributed by atoms with Crippen LogP contribution in [-0.2, 0) is 22.7 Å². The molecule has 0 spiro atoms. The lowest BCUT2D eigenvalue weighted by atomic mass is 9.97. The number of hydrogen-bond acceptors (Lipinski definition) is 6. The summed E-state index contributed by atoms with van der Waals surface area (Å²) in [6, 6.07) is 9.76. The van der Waals surface area contributed by atoms with Gasteiger partial charge in [0.1, 0.15) is 10.7 Å². The Morgan fingerprint density at radius 3 is 2.38 bits per heavy atom. The maximum atomic E-state index is 13.8. The molecule has 0 bridgehead atoms. The maximum absolute atomic E-state index is 13.8.